The van der Waals surface area contributed by atoms with Crippen molar-refractivity contribution in [3.63, 3.8) is 0 Å². The van der Waals surface area contributed by atoms with E-state index in [9.17, 15) is 0 Å². The van der Waals surface area contributed by atoms with Gasteiger partial charge in [0.25, 0.3) is 0 Å². The summed E-state index contributed by atoms with van der Waals surface area (Å²) < 4.78 is 0. The number of hydrogen-bond acceptors (Lipinski definition) is 0. The first-order valence-corrected chi connectivity index (χ1v) is 9.57. The van der Waals surface area contributed by atoms with Gasteiger partial charge >= 0.3 is 0 Å². The van der Waals surface area contributed by atoms with E-state index in [1.807, 2.05) is 0 Å². The van der Waals surface area contributed by atoms with Gasteiger partial charge in [0.15, 0.2) is 0 Å². The van der Waals surface area contributed by atoms with E-state index >= 15 is 0 Å². The van der Waals surface area contributed by atoms with Gasteiger partial charge in [-0.05, 0) is 37.5 Å². The highest BCUT2D eigenvalue weighted by molar-refractivity contribution is 6.76. The van der Waals surface area contributed by atoms with Crippen molar-refractivity contribution in [1.29, 1.82) is 0 Å². The average molecular weight is 210 g/mol. The molecular weight excluding hydrogens is 184 g/mol. The topological polar surface area (TPSA) is 0 Å². The Kier molecular flexibility index (Phi) is 6.95. The van der Waals surface area contributed by atoms with Crippen molar-refractivity contribution in [2.75, 3.05) is 0 Å². The van der Waals surface area contributed by atoms with Gasteiger partial charge in [-0.2, -0.15) is 0 Å². The molecule has 14 heavy (non-hydrogen) atoms. The van der Waals surface area contributed by atoms with Crippen LogP contribution in [0.2, 0.25) is 25.7 Å². The molecule has 0 heterocycles. The van der Waals surface area contributed by atoms with Crippen molar-refractivity contribution in [3.8, 4) is 0 Å². The Morgan fingerprint density at radius 3 is 2.36 bits per heavy atom. The molecule has 0 nitrogen and oxygen atoms in total. The Morgan fingerprint density at radius 1 is 1.21 bits per heavy atom. The minimum absolute atomic E-state index is 0.915. The molecule has 0 saturated heterocycles. The van der Waals surface area contributed by atoms with Gasteiger partial charge in [0.1, 0.15) is 0 Å². The maximum absolute atomic E-state index is 3.42. The molecule has 0 aliphatic carbocycles. The first kappa shape index (κ1) is 13.7. The number of unbranched alkanes of at least 4 members (excludes halogenated alkanes) is 3. The van der Waals surface area contributed by atoms with Crippen molar-refractivity contribution in [3.05, 3.63) is 17.4 Å². The van der Waals surface area contributed by atoms with Crippen LogP contribution in [0.1, 0.15) is 39.5 Å². The summed E-state index contributed by atoms with van der Waals surface area (Å²) in [5.41, 5.74) is 4.87. The monoisotopic (exact) mass is 210 g/mol. The highest BCUT2D eigenvalue weighted by atomic mass is 28.3. The predicted molar refractivity (Wildman–Crippen MR) is 69.6 cm³/mol. The SMILES string of the molecule is CCCCCC=C=C(C)C[Si](C)(C)C. The van der Waals surface area contributed by atoms with Crippen LogP contribution in [-0.2, 0) is 0 Å². The third-order valence-electron chi connectivity index (χ3n) is 2.10. The standard InChI is InChI=1S/C13H26Si/c1-6-7-8-9-10-11-13(2)12-14(3,4)5/h10H,6-9,12H2,1-5H3. The van der Waals surface area contributed by atoms with Crippen LogP contribution >= 0.6 is 0 Å². The van der Waals surface area contributed by atoms with Crippen molar-refractivity contribution >= 4 is 8.07 Å². The van der Waals surface area contributed by atoms with Gasteiger partial charge in [-0.1, -0.05) is 39.4 Å². The van der Waals surface area contributed by atoms with Crippen molar-refractivity contribution in [2.24, 2.45) is 0 Å². The summed E-state index contributed by atoms with van der Waals surface area (Å²) >= 11 is 0. The van der Waals surface area contributed by atoms with E-state index in [2.05, 4.69) is 45.3 Å². The van der Waals surface area contributed by atoms with E-state index in [0.717, 1.165) is 0 Å². The van der Waals surface area contributed by atoms with Gasteiger partial charge in [-0.3, -0.25) is 0 Å². The molecule has 0 aromatic carbocycles. The molecule has 82 valence electrons. The highest BCUT2D eigenvalue weighted by Crippen LogP contribution is 2.14. The second-order valence-electron chi connectivity index (χ2n) is 5.36. The lowest BCUT2D eigenvalue weighted by molar-refractivity contribution is 0.729. The molecule has 0 atom stereocenters. The molecular formula is C13H26Si. The number of allylic oxidation sites excluding steroid dienone is 1. The smallest absolute Gasteiger partial charge is 0.0490 e. The van der Waals surface area contributed by atoms with Crippen molar-refractivity contribution in [2.45, 2.75) is 65.2 Å². The number of rotatable bonds is 6. The molecule has 0 aromatic rings. The van der Waals surface area contributed by atoms with Gasteiger partial charge in [-0.25, -0.2) is 0 Å². The summed E-state index contributed by atoms with van der Waals surface area (Å²) in [4.78, 5) is 0. The molecule has 0 radical (unpaired) electrons. The molecule has 0 aromatic heterocycles. The van der Waals surface area contributed by atoms with E-state index in [-0.39, 0.29) is 0 Å². The molecule has 0 fully saturated rings. The molecule has 0 unspecified atom stereocenters. The minimum Gasteiger partial charge on any atom is -0.127 e. The van der Waals surface area contributed by atoms with Gasteiger partial charge in [0.05, 0.1) is 0 Å². The van der Waals surface area contributed by atoms with E-state index in [4.69, 9.17) is 0 Å². The largest absolute Gasteiger partial charge is 0.127 e. The van der Waals surface area contributed by atoms with E-state index in [0.29, 0.717) is 0 Å². The zero-order chi connectivity index (χ0) is 11.0. The van der Waals surface area contributed by atoms with E-state index in [1.165, 1.54) is 37.3 Å². The fourth-order valence-electron chi connectivity index (χ4n) is 1.59. The van der Waals surface area contributed by atoms with Crippen LogP contribution in [0, 0.1) is 0 Å². The molecule has 0 bridgehead atoms. The Bertz CT molecular complexity index is 202. The van der Waals surface area contributed by atoms with E-state index < -0.39 is 8.07 Å². The number of hydrogen-bond donors (Lipinski definition) is 0. The van der Waals surface area contributed by atoms with Crippen LogP contribution in [0.25, 0.3) is 0 Å². The Labute approximate surface area is 91.1 Å². The lowest BCUT2D eigenvalue weighted by Crippen LogP contribution is -2.18. The van der Waals surface area contributed by atoms with Crippen LogP contribution in [0.15, 0.2) is 17.4 Å². The fourth-order valence-corrected chi connectivity index (χ4v) is 3.28. The van der Waals surface area contributed by atoms with Crippen LogP contribution in [0.3, 0.4) is 0 Å². The Balaban J connectivity index is 3.85. The summed E-state index contributed by atoms with van der Waals surface area (Å²) in [5, 5.41) is 0. The fraction of sp³-hybridized carbons (Fsp3) is 0.769. The van der Waals surface area contributed by atoms with Crippen LogP contribution in [0.4, 0.5) is 0 Å². The van der Waals surface area contributed by atoms with Crippen LogP contribution in [-0.4, -0.2) is 8.07 Å². The third-order valence-corrected chi connectivity index (χ3v) is 3.69. The minimum atomic E-state index is -0.915. The molecule has 0 amide bonds. The van der Waals surface area contributed by atoms with Crippen molar-refractivity contribution < 1.29 is 0 Å². The van der Waals surface area contributed by atoms with E-state index in [1.54, 1.807) is 0 Å². The zero-order valence-corrected chi connectivity index (χ0v) is 11.6. The molecule has 0 N–H and O–H groups in total. The normalized spacial score (nSPS) is 10.9. The third kappa shape index (κ3) is 9.82. The highest BCUT2D eigenvalue weighted by Gasteiger charge is 2.12. The summed E-state index contributed by atoms with van der Waals surface area (Å²) in [6.45, 7) is 11.7. The average Bonchev–Trinajstić information content (AvgIpc) is 2.00. The van der Waals surface area contributed by atoms with Gasteiger partial charge in [0.2, 0.25) is 0 Å². The molecule has 0 rings (SSSR count). The molecule has 0 aliphatic heterocycles. The lowest BCUT2D eigenvalue weighted by atomic mass is 10.2. The molecule has 0 spiro atoms. The Hall–Kier alpha value is -0.263. The van der Waals surface area contributed by atoms with Gasteiger partial charge in [0, 0.05) is 8.07 Å². The Morgan fingerprint density at radius 2 is 1.86 bits per heavy atom. The predicted octanol–water partition coefficient (Wildman–Crippen LogP) is 5.01. The maximum atomic E-state index is 3.42. The molecule has 0 aliphatic rings. The van der Waals surface area contributed by atoms with Crippen LogP contribution < -0.4 is 0 Å². The lowest BCUT2D eigenvalue weighted by Gasteiger charge is -2.14. The quantitative estimate of drug-likeness (QED) is 0.328. The summed E-state index contributed by atoms with van der Waals surface area (Å²) in [6, 6.07) is 1.29. The summed E-state index contributed by atoms with van der Waals surface area (Å²) in [5.74, 6) is 0. The summed E-state index contributed by atoms with van der Waals surface area (Å²) in [6.07, 6.45) is 7.42. The summed E-state index contributed by atoms with van der Waals surface area (Å²) in [7, 11) is -0.915. The van der Waals surface area contributed by atoms with Crippen molar-refractivity contribution in [1.82, 2.24) is 0 Å². The second-order valence-corrected chi connectivity index (χ2v) is 10.8. The first-order chi connectivity index (χ1) is 6.45. The molecule has 1 heteroatoms. The van der Waals surface area contributed by atoms with Gasteiger partial charge in [-0.15, -0.1) is 5.73 Å². The van der Waals surface area contributed by atoms with Gasteiger partial charge < -0.3 is 0 Å². The zero-order valence-electron chi connectivity index (χ0n) is 10.6. The molecule has 0 saturated carbocycles. The first-order valence-electron chi connectivity index (χ1n) is 5.86. The second kappa shape index (κ2) is 7.08. The maximum Gasteiger partial charge on any atom is 0.0490 e. The van der Waals surface area contributed by atoms with Crippen LogP contribution in [0.5, 0.6) is 0 Å².